The molecule has 0 fully saturated rings. The minimum atomic E-state index is -0.509. The molecule has 0 unspecified atom stereocenters. The fraction of sp³-hybridized carbons (Fsp3) is 0.200. The van der Waals surface area contributed by atoms with Gasteiger partial charge in [0.15, 0.2) is 5.96 Å². The molecule has 0 aliphatic carbocycles. The molecule has 0 spiro atoms. The second-order valence-electron chi connectivity index (χ2n) is 3.46. The first-order valence-electron chi connectivity index (χ1n) is 4.67. The van der Waals surface area contributed by atoms with Crippen LogP contribution in [0.15, 0.2) is 16.6 Å². The van der Waals surface area contributed by atoms with Crippen LogP contribution < -0.4 is 16.0 Å². The number of halogens is 2. The van der Waals surface area contributed by atoms with Gasteiger partial charge in [-0.2, -0.15) is 0 Å². The van der Waals surface area contributed by atoms with Crippen molar-refractivity contribution >= 4 is 45.2 Å². The largest absolute Gasteiger partial charge is 0.370 e. The lowest BCUT2D eigenvalue weighted by Gasteiger charge is -2.21. The number of hydrogen-bond acceptors (Lipinski definition) is 2. The second kappa shape index (κ2) is 5.37. The number of rotatable bonds is 1. The van der Waals surface area contributed by atoms with Crippen LogP contribution in [-0.4, -0.2) is 19.0 Å². The fourth-order valence-corrected chi connectivity index (χ4v) is 2.52. The summed E-state index contributed by atoms with van der Waals surface area (Å²) in [6.07, 6.45) is 0. The van der Waals surface area contributed by atoms with E-state index in [4.69, 9.17) is 22.7 Å². The van der Waals surface area contributed by atoms with Gasteiger partial charge >= 0.3 is 6.03 Å². The zero-order chi connectivity index (χ0) is 13.2. The van der Waals surface area contributed by atoms with Gasteiger partial charge < -0.3 is 5.73 Å². The minimum absolute atomic E-state index is 0.410. The molecule has 1 rings (SSSR count). The highest BCUT2D eigenvalue weighted by Gasteiger charge is 2.17. The number of nitrogens with zero attached hydrogens (tertiary/aromatic N) is 1. The number of anilines is 1. The van der Waals surface area contributed by atoms with E-state index >= 15 is 0 Å². The van der Waals surface area contributed by atoms with Crippen molar-refractivity contribution < 1.29 is 4.79 Å². The maximum absolute atomic E-state index is 11.7. The van der Waals surface area contributed by atoms with Crippen molar-refractivity contribution in [1.82, 2.24) is 5.32 Å². The molecule has 0 radical (unpaired) electrons. The van der Waals surface area contributed by atoms with Gasteiger partial charge in [0.1, 0.15) is 0 Å². The lowest BCUT2D eigenvalue weighted by molar-refractivity contribution is 0.251. The molecule has 4 N–H and O–H groups in total. The van der Waals surface area contributed by atoms with E-state index in [-0.39, 0.29) is 0 Å². The summed E-state index contributed by atoms with van der Waals surface area (Å²) in [5.41, 5.74) is 6.51. The van der Waals surface area contributed by atoms with E-state index in [1.54, 1.807) is 13.1 Å². The molecule has 0 aromatic heterocycles. The Bertz CT molecular complexity index is 454. The van der Waals surface area contributed by atoms with E-state index in [0.29, 0.717) is 10.7 Å². The van der Waals surface area contributed by atoms with Gasteiger partial charge in [-0.05, 0) is 24.6 Å². The first kappa shape index (κ1) is 13.8. The molecule has 0 bridgehead atoms. The molecule has 0 aliphatic rings. The third-order valence-electron chi connectivity index (χ3n) is 2.10. The van der Waals surface area contributed by atoms with E-state index in [1.165, 1.54) is 4.90 Å². The van der Waals surface area contributed by atoms with Crippen LogP contribution in [0.25, 0.3) is 0 Å². The topological polar surface area (TPSA) is 82.2 Å². The lowest BCUT2D eigenvalue weighted by Crippen LogP contribution is -2.44. The number of amides is 2. The monoisotopic (exact) mass is 318 g/mol. The second-order valence-corrected chi connectivity index (χ2v) is 4.78. The van der Waals surface area contributed by atoms with Gasteiger partial charge in [-0.3, -0.25) is 15.6 Å². The summed E-state index contributed by atoms with van der Waals surface area (Å²) in [6, 6.07) is 3.03. The number of nitrogens with one attached hydrogen (secondary N) is 2. The number of urea groups is 1. The molecule has 7 heteroatoms. The molecule has 92 valence electrons. The zero-order valence-electron chi connectivity index (χ0n) is 9.34. The van der Waals surface area contributed by atoms with Crippen LogP contribution in [0.5, 0.6) is 0 Å². The van der Waals surface area contributed by atoms with Gasteiger partial charge in [-0.25, -0.2) is 4.79 Å². The maximum atomic E-state index is 11.7. The molecule has 2 amide bonds. The highest BCUT2D eigenvalue weighted by molar-refractivity contribution is 9.10. The van der Waals surface area contributed by atoms with Crippen LogP contribution in [0.3, 0.4) is 0 Å². The summed E-state index contributed by atoms with van der Waals surface area (Å²) in [4.78, 5) is 13.0. The van der Waals surface area contributed by atoms with E-state index < -0.39 is 12.0 Å². The van der Waals surface area contributed by atoms with Gasteiger partial charge in [-0.1, -0.05) is 27.5 Å². The molecule has 0 atom stereocenters. The van der Waals surface area contributed by atoms with Crippen LogP contribution in [0.1, 0.15) is 5.56 Å². The molecule has 0 saturated carbocycles. The summed E-state index contributed by atoms with van der Waals surface area (Å²) >= 11 is 9.39. The number of carbonyl (C=O) groups is 1. The first-order valence-corrected chi connectivity index (χ1v) is 5.84. The van der Waals surface area contributed by atoms with Crippen molar-refractivity contribution in [2.45, 2.75) is 6.92 Å². The Balaban J connectivity index is 3.08. The number of nitrogens with two attached hydrogens (primary N) is 1. The average Bonchev–Trinajstić information content (AvgIpc) is 2.14. The van der Waals surface area contributed by atoms with Gasteiger partial charge in [0.25, 0.3) is 0 Å². The average molecular weight is 320 g/mol. The molecule has 1 aromatic rings. The summed E-state index contributed by atoms with van der Waals surface area (Å²) in [7, 11) is 1.56. The maximum Gasteiger partial charge on any atom is 0.328 e. The molecular formula is C10H12BrClN4O. The number of carbonyl (C=O) groups excluding carboxylic acids is 1. The molecular weight excluding hydrogens is 307 g/mol. The van der Waals surface area contributed by atoms with E-state index in [2.05, 4.69) is 21.2 Å². The van der Waals surface area contributed by atoms with Gasteiger partial charge in [0.2, 0.25) is 0 Å². The smallest absolute Gasteiger partial charge is 0.328 e. The fourth-order valence-electron chi connectivity index (χ4n) is 1.42. The first-order chi connectivity index (χ1) is 7.82. The van der Waals surface area contributed by atoms with E-state index in [1.807, 2.05) is 13.0 Å². The van der Waals surface area contributed by atoms with E-state index in [0.717, 1.165) is 10.0 Å². The summed E-state index contributed by atoms with van der Waals surface area (Å²) in [5.74, 6) is -0.410. The van der Waals surface area contributed by atoms with Crippen LogP contribution in [0.2, 0.25) is 5.02 Å². The Morgan fingerprint density at radius 3 is 2.65 bits per heavy atom. The highest BCUT2D eigenvalue weighted by atomic mass is 79.9. The predicted octanol–water partition coefficient (Wildman–Crippen LogP) is 2.45. The molecule has 0 saturated heterocycles. The Hall–Kier alpha value is -1.27. The number of benzene rings is 1. The van der Waals surface area contributed by atoms with Crippen LogP contribution >= 0.6 is 27.5 Å². The Kier molecular flexibility index (Phi) is 4.36. The predicted molar refractivity (Wildman–Crippen MR) is 72.7 cm³/mol. The minimum Gasteiger partial charge on any atom is -0.370 e. The van der Waals surface area contributed by atoms with Crippen molar-refractivity contribution in [2.24, 2.45) is 5.73 Å². The SMILES string of the molecule is Cc1cc(Br)cc(Cl)c1N(C)C(=O)NC(=N)N. The van der Waals surface area contributed by atoms with Crippen molar-refractivity contribution in [2.75, 3.05) is 11.9 Å². The third-order valence-corrected chi connectivity index (χ3v) is 2.85. The molecule has 0 aliphatic heterocycles. The van der Waals surface area contributed by atoms with Crippen molar-refractivity contribution in [3.63, 3.8) is 0 Å². The zero-order valence-corrected chi connectivity index (χ0v) is 11.7. The van der Waals surface area contributed by atoms with Crippen LogP contribution in [0, 0.1) is 12.3 Å². The van der Waals surface area contributed by atoms with E-state index in [9.17, 15) is 4.79 Å². The van der Waals surface area contributed by atoms with Crippen LogP contribution in [-0.2, 0) is 0 Å². The Labute approximate surface area is 113 Å². The normalized spacial score (nSPS) is 9.88. The molecule has 0 heterocycles. The van der Waals surface area contributed by atoms with Gasteiger partial charge in [0, 0.05) is 11.5 Å². The van der Waals surface area contributed by atoms with Gasteiger partial charge in [0.05, 0.1) is 10.7 Å². The molecule has 1 aromatic carbocycles. The summed E-state index contributed by atoms with van der Waals surface area (Å²) in [5, 5.41) is 9.63. The standard InChI is InChI=1S/C10H12BrClN4O/c1-5-3-6(11)4-7(12)8(5)16(2)10(17)15-9(13)14/h3-4H,1-2H3,(H4,13,14,15,17). The third kappa shape index (κ3) is 3.34. The Morgan fingerprint density at radius 1 is 1.59 bits per heavy atom. The van der Waals surface area contributed by atoms with Crippen molar-refractivity contribution in [1.29, 1.82) is 5.41 Å². The molecule has 17 heavy (non-hydrogen) atoms. The number of hydrogen-bond donors (Lipinski definition) is 3. The van der Waals surface area contributed by atoms with Crippen molar-refractivity contribution in [3.05, 3.63) is 27.2 Å². The van der Waals surface area contributed by atoms with Crippen LogP contribution in [0.4, 0.5) is 10.5 Å². The quantitative estimate of drug-likeness (QED) is 0.549. The summed E-state index contributed by atoms with van der Waals surface area (Å²) < 4.78 is 0.837. The highest BCUT2D eigenvalue weighted by Crippen LogP contribution is 2.32. The number of guanidine groups is 1. The summed E-state index contributed by atoms with van der Waals surface area (Å²) in [6.45, 7) is 1.84. The Morgan fingerprint density at radius 2 is 2.18 bits per heavy atom. The molecule has 5 nitrogen and oxygen atoms in total. The lowest BCUT2D eigenvalue weighted by atomic mass is 10.2. The van der Waals surface area contributed by atoms with Crippen molar-refractivity contribution in [3.8, 4) is 0 Å². The number of aryl methyl sites for hydroxylation is 1. The van der Waals surface area contributed by atoms with Gasteiger partial charge in [-0.15, -0.1) is 0 Å².